The number of nitrogens with two attached hydrogens (primary N) is 1. The van der Waals surface area contributed by atoms with E-state index in [2.05, 4.69) is 0 Å². The molecule has 0 bridgehead atoms. The highest BCUT2D eigenvalue weighted by atomic mass is 19.3. The Hall–Kier alpha value is -0.440. The van der Waals surface area contributed by atoms with Crippen molar-refractivity contribution in [2.45, 2.75) is 70.3 Å². The molecule has 0 saturated heterocycles. The number of allylic oxidation sites excluding steroid dienone is 1. The molecular weight excluding hydrogens is 268 g/mol. The zero-order valence-electron chi connectivity index (χ0n) is 12.9. The molecule has 0 aliphatic heterocycles. The molecule has 4 atom stereocenters. The van der Waals surface area contributed by atoms with Gasteiger partial charge < -0.3 is 5.73 Å². The van der Waals surface area contributed by atoms with Gasteiger partial charge in [0.2, 0.25) is 0 Å². The summed E-state index contributed by atoms with van der Waals surface area (Å²) < 4.78 is 24.9. The molecule has 3 aliphatic carbocycles. The maximum absolute atomic E-state index is 12.4. The van der Waals surface area contributed by atoms with Gasteiger partial charge in [-0.2, -0.15) is 8.78 Å². The topological polar surface area (TPSA) is 26.0 Å². The zero-order chi connectivity index (χ0) is 14.8. The summed E-state index contributed by atoms with van der Waals surface area (Å²) in [5.74, 6) is 3.45. The summed E-state index contributed by atoms with van der Waals surface area (Å²) in [5.41, 5.74) is 6.02. The van der Waals surface area contributed by atoms with Crippen molar-refractivity contribution >= 4 is 0 Å². The minimum atomic E-state index is -1.48. The first kappa shape index (κ1) is 15.5. The largest absolute Gasteiger partial charge is 0.328 e. The number of halogens is 2. The average Bonchev–Trinajstić information content (AvgIpc) is 2.47. The maximum atomic E-state index is 12.4. The highest BCUT2D eigenvalue weighted by molar-refractivity contribution is 4.96. The normalized spacial score (nSPS) is 44.0. The van der Waals surface area contributed by atoms with Crippen LogP contribution in [0.2, 0.25) is 0 Å². The van der Waals surface area contributed by atoms with Gasteiger partial charge in [0, 0.05) is 6.04 Å². The fraction of sp³-hybridized carbons (Fsp3) is 0.889. The minimum Gasteiger partial charge on any atom is -0.328 e. The van der Waals surface area contributed by atoms with Gasteiger partial charge in [-0.05, 0) is 99.9 Å². The van der Waals surface area contributed by atoms with E-state index >= 15 is 0 Å². The Morgan fingerprint density at radius 2 is 1.24 bits per heavy atom. The molecule has 3 rings (SSSR count). The van der Waals surface area contributed by atoms with Gasteiger partial charge in [-0.25, -0.2) is 0 Å². The number of hydrogen-bond donors (Lipinski definition) is 1. The molecule has 3 heteroatoms. The summed E-state index contributed by atoms with van der Waals surface area (Å²) in [6.45, 7) is 0. The van der Waals surface area contributed by atoms with E-state index in [0.717, 1.165) is 30.6 Å². The van der Waals surface area contributed by atoms with Crippen LogP contribution in [0, 0.1) is 29.6 Å². The van der Waals surface area contributed by atoms with Crippen LogP contribution in [-0.4, -0.2) is 6.04 Å². The molecule has 3 fully saturated rings. The number of fused-ring (bicyclic) bond motifs is 1. The standard InChI is InChI=1S/C18H29F2N/c19-18(20)10-12-1-2-16-11-15(4-3-14(16)9-12)13-5-7-17(21)8-6-13/h10,12-17H,1-9,11,21H2. The van der Waals surface area contributed by atoms with Crippen molar-refractivity contribution in [3.8, 4) is 0 Å². The van der Waals surface area contributed by atoms with Crippen molar-refractivity contribution in [3.05, 3.63) is 12.2 Å². The van der Waals surface area contributed by atoms with Gasteiger partial charge in [-0.3, -0.25) is 0 Å². The Bertz CT molecular complexity index is 369. The molecule has 0 aromatic heterocycles. The van der Waals surface area contributed by atoms with Crippen LogP contribution in [0.25, 0.3) is 0 Å². The molecule has 0 radical (unpaired) electrons. The second-order valence-corrected chi connectivity index (χ2v) is 7.80. The van der Waals surface area contributed by atoms with E-state index in [4.69, 9.17) is 5.73 Å². The Morgan fingerprint density at radius 3 is 1.90 bits per heavy atom. The minimum absolute atomic E-state index is 0.139. The second kappa shape index (κ2) is 6.76. The maximum Gasteiger partial charge on any atom is 0.266 e. The van der Waals surface area contributed by atoms with Gasteiger partial charge in [0.15, 0.2) is 0 Å². The molecule has 21 heavy (non-hydrogen) atoms. The van der Waals surface area contributed by atoms with E-state index in [0.29, 0.717) is 12.0 Å². The second-order valence-electron chi connectivity index (χ2n) is 7.80. The van der Waals surface area contributed by atoms with E-state index in [1.165, 1.54) is 57.4 Å². The van der Waals surface area contributed by atoms with Crippen LogP contribution in [-0.2, 0) is 0 Å². The molecule has 3 saturated carbocycles. The van der Waals surface area contributed by atoms with E-state index in [1.54, 1.807) is 0 Å². The predicted molar refractivity (Wildman–Crippen MR) is 81.9 cm³/mol. The average molecular weight is 297 g/mol. The lowest BCUT2D eigenvalue weighted by Gasteiger charge is -2.44. The van der Waals surface area contributed by atoms with Crippen LogP contribution in [0.1, 0.15) is 64.2 Å². The molecule has 3 aliphatic rings. The highest BCUT2D eigenvalue weighted by Crippen LogP contribution is 2.48. The third-order valence-corrected chi connectivity index (χ3v) is 6.54. The van der Waals surface area contributed by atoms with Crippen molar-refractivity contribution in [1.82, 2.24) is 0 Å². The third-order valence-electron chi connectivity index (χ3n) is 6.54. The molecule has 120 valence electrons. The summed E-state index contributed by atoms with van der Waals surface area (Å²) >= 11 is 0. The quantitative estimate of drug-likeness (QED) is 0.752. The van der Waals surface area contributed by atoms with Crippen molar-refractivity contribution in [3.63, 3.8) is 0 Å². The molecule has 0 amide bonds. The van der Waals surface area contributed by atoms with Gasteiger partial charge in [0.05, 0.1) is 0 Å². The highest BCUT2D eigenvalue weighted by Gasteiger charge is 2.38. The zero-order valence-corrected chi connectivity index (χ0v) is 12.9. The van der Waals surface area contributed by atoms with Crippen LogP contribution in [0.4, 0.5) is 8.78 Å². The van der Waals surface area contributed by atoms with Crippen LogP contribution < -0.4 is 5.73 Å². The molecular formula is C18H29F2N. The lowest BCUT2D eigenvalue weighted by molar-refractivity contribution is 0.0715. The SMILES string of the molecule is NC1CCC(C2CCC3CC(C=C(F)F)CCC3C2)CC1. The third kappa shape index (κ3) is 3.85. The summed E-state index contributed by atoms with van der Waals surface area (Å²) in [5, 5.41) is 0. The van der Waals surface area contributed by atoms with Crippen molar-refractivity contribution in [2.75, 3.05) is 0 Å². The first-order valence-electron chi connectivity index (χ1n) is 8.90. The summed E-state index contributed by atoms with van der Waals surface area (Å²) in [6.07, 6.45) is 11.9. The Kier molecular flexibility index (Phi) is 4.98. The Morgan fingerprint density at radius 1 is 0.714 bits per heavy atom. The lowest BCUT2D eigenvalue weighted by atomic mass is 9.61. The number of hydrogen-bond acceptors (Lipinski definition) is 1. The predicted octanol–water partition coefficient (Wildman–Crippen LogP) is 5.12. The van der Waals surface area contributed by atoms with Crippen molar-refractivity contribution < 1.29 is 8.78 Å². The van der Waals surface area contributed by atoms with Gasteiger partial charge >= 0.3 is 0 Å². The molecule has 0 spiro atoms. The fourth-order valence-electron chi connectivity index (χ4n) is 5.34. The molecule has 2 N–H and O–H groups in total. The monoisotopic (exact) mass is 297 g/mol. The van der Waals surface area contributed by atoms with E-state index in [-0.39, 0.29) is 5.92 Å². The molecule has 0 aromatic carbocycles. The fourth-order valence-corrected chi connectivity index (χ4v) is 5.34. The van der Waals surface area contributed by atoms with Gasteiger partial charge in [-0.1, -0.05) is 0 Å². The summed E-state index contributed by atoms with van der Waals surface area (Å²) in [7, 11) is 0. The summed E-state index contributed by atoms with van der Waals surface area (Å²) in [4.78, 5) is 0. The summed E-state index contributed by atoms with van der Waals surface area (Å²) in [6, 6.07) is 0.440. The van der Waals surface area contributed by atoms with Crippen LogP contribution in [0.5, 0.6) is 0 Å². The first-order valence-corrected chi connectivity index (χ1v) is 8.90. The van der Waals surface area contributed by atoms with Gasteiger partial charge in [0.1, 0.15) is 0 Å². The smallest absolute Gasteiger partial charge is 0.266 e. The van der Waals surface area contributed by atoms with E-state index < -0.39 is 6.08 Å². The van der Waals surface area contributed by atoms with Crippen LogP contribution in [0.15, 0.2) is 12.2 Å². The molecule has 1 nitrogen and oxygen atoms in total. The molecule has 0 aromatic rings. The van der Waals surface area contributed by atoms with E-state index in [9.17, 15) is 8.78 Å². The van der Waals surface area contributed by atoms with E-state index in [1.807, 2.05) is 0 Å². The first-order chi connectivity index (χ1) is 10.1. The van der Waals surface area contributed by atoms with Crippen molar-refractivity contribution in [1.29, 1.82) is 0 Å². The van der Waals surface area contributed by atoms with Crippen LogP contribution in [0.3, 0.4) is 0 Å². The Labute approximate surface area is 127 Å². The number of rotatable bonds is 2. The molecule has 0 heterocycles. The van der Waals surface area contributed by atoms with Gasteiger partial charge in [0.25, 0.3) is 6.08 Å². The lowest BCUT2D eigenvalue weighted by Crippen LogP contribution is -2.36. The van der Waals surface area contributed by atoms with Crippen LogP contribution >= 0.6 is 0 Å². The van der Waals surface area contributed by atoms with Gasteiger partial charge in [-0.15, -0.1) is 0 Å². The van der Waals surface area contributed by atoms with Crippen molar-refractivity contribution in [2.24, 2.45) is 35.3 Å². The Balaban J connectivity index is 1.52. The molecule has 4 unspecified atom stereocenters.